The Labute approximate surface area is 322 Å². The maximum atomic E-state index is 15.1. The number of aromatic nitrogens is 5. The lowest BCUT2D eigenvalue weighted by Crippen LogP contribution is -2.51. The van der Waals surface area contributed by atoms with Gasteiger partial charge in [0.05, 0.1) is 34.6 Å². The number of hydrogen-bond donors (Lipinski definition) is 1. The standard InChI is InChI=1S/C41H42F3N7O4S/c1-23-8-4-9-24(2)36(23)29-20-35-48-39(47-29)49-56(53,54)27-13-6-12-26(18-27)38(52)51-32(15-7-14-28(25-10-5-11-25)33(51)22-55-35)31-21-45-30-19-34(50(3)37(30)46-31)40(16-17-40)41(42,43)44/h4,6,8-9,12-13,18-21,25,28,32-33H,5,7,10-11,14-17,22H2,1-3H3,(H,47,48,49)/t28-,32+,33-/m1/s1. The molecular weight excluding hydrogens is 744 g/mol. The summed E-state index contributed by atoms with van der Waals surface area (Å²) >= 11 is 0. The van der Waals surface area contributed by atoms with Crippen LogP contribution >= 0.6 is 0 Å². The number of aryl methyl sites for hydroxylation is 3. The number of hydrogen-bond acceptors (Lipinski definition) is 8. The topological polar surface area (TPSA) is 132 Å². The third kappa shape index (κ3) is 6.09. The van der Waals surface area contributed by atoms with E-state index in [0.29, 0.717) is 34.9 Å². The Bertz CT molecular complexity index is 2480. The van der Waals surface area contributed by atoms with Crippen LogP contribution in [0.4, 0.5) is 19.1 Å². The molecule has 11 nitrogen and oxygen atoms in total. The number of amides is 1. The monoisotopic (exact) mass is 785 g/mol. The zero-order valence-electron chi connectivity index (χ0n) is 31.3. The number of halogens is 3. The van der Waals surface area contributed by atoms with Crippen LogP contribution in [0.25, 0.3) is 22.4 Å². The van der Waals surface area contributed by atoms with Gasteiger partial charge in [0.25, 0.3) is 15.9 Å². The van der Waals surface area contributed by atoms with Crippen LogP contribution < -0.4 is 9.46 Å². The summed E-state index contributed by atoms with van der Waals surface area (Å²) in [6, 6.07) is 13.8. The number of carbonyl (C=O) groups excluding carboxylic acids is 1. The molecule has 15 heteroatoms. The largest absolute Gasteiger partial charge is 0.475 e. The maximum Gasteiger partial charge on any atom is 0.399 e. The number of sulfonamides is 1. The van der Waals surface area contributed by atoms with Crippen LogP contribution in [-0.2, 0) is 22.5 Å². The molecular formula is C41H42F3N7O4S. The molecule has 3 fully saturated rings. The summed E-state index contributed by atoms with van der Waals surface area (Å²) in [5.41, 5.74) is 2.67. The molecule has 4 aliphatic rings. The molecule has 292 valence electrons. The van der Waals surface area contributed by atoms with Crippen LogP contribution in [0.5, 0.6) is 5.88 Å². The molecule has 9 rings (SSSR count). The summed E-state index contributed by atoms with van der Waals surface area (Å²) in [5, 5.41) is 0. The van der Waals surface area contributed by atoms with E-state index < -0.39 is 39.6 Å². The first-order valence-electron chi connectivity index (χ1n) is 19.2. The second kappa shape index (κ2) is 13.3. The number of nitrogens with one attached hydrogen (secondary N) is 1. The lowest BCUT2D eigenvalue weighted by atomic mass is 9.71. The fourth-order valence-corrected chi connectivity index (χ4v) is 10.2. The van der Waals surface area contributed by atoms with Crippen molar-refractivity contribution in [3.8, 4) is 17.1 Å². The SMILES string of the molecule is Cc1cccc(C)c1-c1cc2nc(n1)NS(=O)(=O)c1cccc(c1)C(=O)N1[C@H](CO2)[C@@H](C2CCC2)CCC[C@H]1c1cnc2cc(C3(C(F)(F)F)CC3)n(C)c2n1. The summed E-state index contributed by atoms with van der Waals surface area (Å²) in [6.45, 7) is 3.96. The van der Waals surface area contributed by atoms with Crippen LogP contribution in [0.1, 0.15) is 90.3 Å². The van der Waals surface area contributed by atoms with E-state index in [1.54, 1.807) is 30.3 Å². The van der Waals surface area contributed by atoms with Crippen molar-refractivity contribution < 1.29 is 31.1 Å². The summed E-state index contributed by atoms with van der Waals surface area (Å²) < 4.78 is 81.2. The van der Waals surface area contributed by atoms with Crippen molar-refractivity contribution >= 4 is 33.0 Å². The number of ether oxygens (including phenoxy) is 1. The predicted molar refractivity (Wildman–Crippen MR) is 203 cm³/mol. The van der Waals surface area contributed by atoms with E-state index >= 15 is 4.79 Å². The summed E-state index contributed by atoms with van der Waals surface area (Å²) in [4.78, 5) is 35.5. The van der Waals surface area contributed by atoms with Gasteiger partial charge in [0.1, 0.15) is 17.5 Å². The third-order valence-corrected chi connectivity index (χ3v) is 13.9. The van der Waals surface area contributed by atoms with E-state index in [0.717, 1.165) is 48.8 Å². The number of nitrogens with zero attached hydrogens (tertiary/aromatic N) is 6. The molecule has 2 aliphatic carbocycles. The van der Waals surface area contributed by atoms with E-state index in [1.807, 2.05) is 32.0 Å². The van der Waals surface area contributed by atoms with E-state index in [2.05, 4.69) is 19.7 Å². The molecule has 5 aromatic rings. The van der Waals surface area contributed by atoms with Crippen molar-refractivity contribution in [1.82, 2.24) is 29.4 Å². The third-order valence-electron chi connectivity index (χ3n) is 12.5. The van der Waals surface area contributed by atoms with Gasteiger partial charge >= 0.3 is 6.18 Å². The molecule has 1 amide bonds. The molecule has 3 aromatic heterocycles. The van der Waals surface area contributed by atoms with Gasteiger partial charge in [-0.2, -0.15) is 18.2 Å². The Morgan fingerprint density at radius 3 is 2.36 bits per heavy atom. The summed E-state index contributed by atoms with van der Waals surface area (Å²) in [5.74, 6) is -0.0194. The first-order valence-corrected chi connectivity index (χ1v) is 20.7. The normalized spacial score (nSPS) is 23.4. The van der Waals surface area contributed by atoms with Gasteiger partial charge < -0.3 is 14.2 Å². The van der Waals surface area contributed by atoms with E-state index in [1.165, 1.54) is 28.8 Å². The van der Waals surface area contributed by atoms with Crippen molar-refractivity contribution in [2.24, 2.45) is 18.9 Å². The molecule has 0 unspecified atom stereocenters. The average molecular weight is 786 g/mol. The molecule has 1 saturated heterocycles. The van der Waals surface area contributed by atoms with Gasteiger partial charge in [-0.3, -0.25) is 9.78 Å². The lowest BCUT2D eigenvalue weighted by molar-refractivity contribution is -0.162. The minimum Gasteiger partial charge on any atom is -0.475 e. The van der Waals surface area contributed by atoms with Crippen LogP contribution in [0.2, 0.25) is 0 Å². The van der Waals surface area contributed by atoms with E-state index in [4.69, 9.17) is 9.72 Å². The Balaban J connectivity index is 1.20. The molecule has 56 heavy (non-hydrogen) atoms. The minimum atomic E-state index is -4.41. The van der Waals surface area contributed by atoms with Crippen LogP contribution in [0, 0.1) is 25.7 Å². The van der Waals surface area contributed by atoms with Gasteiger partial charge in [-0.1, -0.05) is 49.9 Å². The van der Waals surface area contributed by atoms with Gasteiger partial charge in [-0.15, -0.1) is 0 Å². The Kier molecular flexibility index (Phi) is 8.67. The first kappa shape index (κ1) is 36.6. The molecule has 2 saturated carbocycles. The van der Waals surface area contributed by atoms with Crippen LogP contribution in [0.15, 0.2) is 65.7 Å². The fourth-order valence-electron chi connectivity index (χ4n) is 9.23. The highest BCUT2D eigenvalue weighted by molar-refractivity contribution is 7.92. The van der Waals surface area contributed by atoms with Crippen molar-refractivity contribution in [3.63, 3.8) is 0 Å². The highest BCUT2D eigenvalue weighted by Crippen LogP contribution is 2.59. The Hall–Kier alpha value is -5.05. The molecule has 2 aliphatic heterocycles. The quantitative estimate of drug-likeness (QED) is 0.194. The number of carbonyl (C=O) groups is 1. The smallest absolute Gasteiger partial charge is 0.399 e. The van der Waals surface area contributed by atoms with E-state index in [-0.39, 0.29) is 53.3 Å². The second-order valence-electron chi connectivity index (χ2n) is 15.9. The highest BCUT2D eigenvalue weighted by Gasteiger charge is 2.65. The van der Waals surface area contributed by atoms with Gasteiger partial charge in [-0.25, -0.2) is 23.1 Å². The van der Waals surface area contributed by atoms with Crippen LogP contribution in [-0.4, -0.2) is 62.6 Å². The number of anilines is 1. The summed E-state index contributed by atoms with van der Waals surface area (Å²) in [7, 11) is -2.68. The second-order valence-corrected chi connectivity index (χ2v) is 17.6. The van der Waals surface area contributed by atoms with Crippen LogP contribution in [0.3, 0.4) is 0 Å². The fraction of sp³-hybridized carbons (Fsp3) is 0.439. The molecule has 2 aromatic carbocycles. The molecule has 4 bridgehead atoms. The number of rotatable bonds is 4. The Morgan fingerprint density at radius 2 is 1.66 bits per heavy atom. The number of fused-ring (bicyclic) bond motifs is 6. The first-order chi connectivity index (χ1) is 26.7. The summed E-state index contributed by atoms with van der Waals surface area (Å²) in [6.07, 6.45) is 2.38. The maximum absolute atomic E-state index is 15.1. The lowest BCUT2D eigenvalue weighted by Gasteiger charge is -2.44. The molecule has 1 N–H and O–H groups in total. The molecule has 0 spiro atoms. The minimum absolute atomic E-state index is 0.00679. The van der Waals surface area contributed by atoms with Gasteiger partial charge in [-0.05, 0) is 86.8 Å². The zero-order valence-corrected chi connectivity index (χ0v) is 32.1. The van der Waals surface area contributed by atoms with Gasteiger partial charge in [0, 0.05) is 29.9 Å². The number of benzene rings is 2. The van der Waals surface area contributed by atoms with Crippen molar-refractivity contribution in [3.05, 3.63) is 88.9 Å². The van der Waals surface area contributed by atoms with Gasteiger partial charge in [0.15, 0.2) is 5.65 Å². The van der Waals surface area contributed by atoms with Crippen molar-refractivity contribution in [2.75, 3.05) is 11.3 Å². The molecule has 3 atom stereocenters. The predicted octanol–water partition coefficient (Wildman–Crippen LogP) is 7.98. The molecule has 5 heterocycles. The highest BCUT2D eigenvalue weighted by atomic mass is 32.2. The van der Waals surface area contributed by atoms with Crippen molar-refractivity contribution in [1.29, 1.82) is 0 Å². The zero-order chi connectivity index (χ0) is 39.1. The molecule has 0 radical (unpaired) electrons. The average Bonchev–Trinajstić information content (AvgIpc) is 3.91. The van der Waals surface area contributed by atoms with E-state index in [9.17, 15) is 21.6 Å². The Morgan fingerprint density at radius 1 is 0.929 bits per heavy atom. The van der Waals surface area contributed by atoms with Crippen molar-refractivity contribution in [2.45, 2.75) is 93.8 Å². The number of alkyl halides is 3. The van der Waals surface area contributed by atoms with Gasteiger partial charge in [0.2, 0.25) is 11.8 Å².